The Hall–Kier alpha value is -15.7. The van der Waals surface area contributed by atoms with Gasteiger partial charge < -0.3 is 33.1 Å². The molecule has 0 saturated carbocycles. The van der Waals surface area contributed by atoms with Gasteiger partial charge in [0, 0.05) is 228 Å². The summed E-state index contributed by atoms with van der Waals surface area (Å²) in [5.41, 5.74) is 23.6. The van der Waals surface area contributed by atoms with Crippen molar-refractivity contribution in [2.45, 2.75) is 11.3 Å². The molecular weight excluding hydrogens is 1640 g/mol. The summed E-state index contributed by atoms with van der Waals surface area (Å²) in [5.74, 6) is -0.688. The molecule has 0 aliphatic heterocycles. The van der Waals surface area contributed by atoms with Crippen LogP contribution in [0.3, 0.4) is 0 Å². The Balaban J connectivity index is 0.000000123. The second-order valence-electron chi connectivity index (χ2n) is 29.6. The molecule has 19 aromatic rings. The minimum atomic E-state index is -3.63. The molecule has 125 heavy (non-hydrogen) atoms. The summed E-state index contributed by atoms with van der Waals surface area (Å²) < 4.78 is 79.5. The highest BCUT2D eigenvalue weighted by Gasteiger charge is 2.20. The number of carbonyl (C=O) groups is 3. The normalized spacial score (nSPS) is 11.3. The van der Waals surface area contributed by atoms with Gasteiger partial charge in [-0.2, -0.15) is 15.3 Å². The summed E-state index contributed by atoms with van der Waals surface area (Å²) in [7, 11) is 2.20. The molecular formula is C95H79ClFN19O7S2. The zero-order valence-corrected chi connectivity index (χ0v) is 70.5. The van der Waals surface area contributed by atoms with Crippen LogP contribution in [0.4, 0.5) is 27.1 Å². The van der Waals surface area contributed by atoms with Crippen molar-refractivity contribution in [2.24, 2.45) is 21.1 Å². The third-order valence-electron chi connectivity index (χ3n) is 20.2. The Kier molecular flexibility index (Phi) is 23.8. The number of benzene rings is 8. The van der Waals surface area contributed by atoms with Gasteiger partial charge >= 0.3 is 0 Å². The van der Waals surface area contributed by atoms with E-state index in [1.54, 1.807) is 149 Å². The third kappa shape index (κ3) is 19.7. The maximum Gasteiger partial charge on any atom is 0.261 e. The zero-order chi connectivity index (χ0) is 87.0. The molecule has 0 spiro atoms. The predicted octanol–water partition coefficient (Wildman–Crippen LogP) is 18.0. The van der Waals surface area contributed by atoms with Crippen LogP contribution < -0.4 is 20.1 Å². The fourth-order valence-electron chi connectivity index (χ4n) is 14.1. The number of hydrogen-bond donors (Lipinski definition) is 4. The van der Waals surface area contributed by atoms with E-state index in [0.717, 1.165) is 123 Å². The van der Waals surface area contributed by atoms with Crippen LogP contribution >= 0.6 is 11.6 Å². The molecule has 0 radical (unpaired) electrons. The van der Waals surface area contributed by atoms with Gasteiger partial charge in [0.15, 0.2) is 0 Å². The van der Waals surface area contributed by atoms with Crippen molar-refractivity contribution in [1.82, 2.24) is 71.8 Å². The van der Waals surface area contributed by atoms with E-state index in [0.29, 0.717) is 38.9 Å². The van der Waals surface area contributed by atoms with Crippen LogP contribution in [-0.4, -0.2) is 127 Å². The first-order valence-electron chi connectivity index (χ1n) is 39.1. The van der Waals surface area contributed by atoms with Crippen molar-refractivity contribution in [3.8, 4) is 89.5 Å². The van der Waals surface area contributed by atoms with E-state index in [2.05, 4.69) is 90.3 Å². The monoisotopic (exact) mass is 1720 g/mol. The Morgan fingerprint density at radius 3 is 1.11 bits per heavy atom. The molecule has 3 amide bonds. The highest BCUT2D eigenvalue weighted by molar-refractivity contribution is 7.92. The SMILES string of the molecule is CN(C)C(=O)c1ccc(-c2cc3c(-c4ccc(NS(C)(=O)=O)cc4)nccn3c2)cc1.Cn1cc(-c2cc3c(-c4ccc(NC(=O)Cc5ccc(F)cc5)cc4)nccn3c2)cn1.Cn1cc(-c2cc3c(-c4ccc(NC(=O)c5ccc(Cl)cc5)cc4)nccn3c2)cn1.Cn1cc(-c2cc3c(-c4ccc(NS(=O)(=O)c5ccccc5)cc4)nccn3c2)cn1. The molecule has 26 nitrogen and oxygen atoms in total. The number of carbonyl (C=O) groups excluding carboxylic acids is 3. The number of nitrogens with one attached hydrogen (secondary N) is 4. The Labute approximate surface area is 723 Å². The molecule has 0 fully saturated rings. The summed E-state index contributed by atoms with van der Waals surface area (Å²) in [5, 5.41) is 19.1. The van der Waals surface area contributed by atoms with Gasteiger partial charge in [-0.25, -0.2) is 21.2 Å². The van der Waals surface area contributed by atoms with E-state index in [1.165, 1.54) is 12.1 Å². The number of halogens is 2. The summed E-state index contributed by atoms with van der Waals surface area (Å²) in [6.07, 6.45) is 35.6. The number of aryl methyl sites for hydroxylation is 3. The van der Waals surface area contributed by atoms with Crippen LogP contribution in [-0.2, 0) is 52.4 Å². The van der Waals surface area contributed by atoms with E-state index >= 15 is 0 Å². The first kappa shape index (κ1) is 83.0. The van der Waals surface area contributed by atoms with Gasteiger partial charge in [0.2, 0.25) is 15.9 Å². The minimum absolute atomic E-state index is 0.0334. The van der Waals surface area contributed by atoms with Gasteiger partial charge in [-0.3, -0.25) is 57.8 Å². The van der Waals surface area contributed by atoms with Crippen LogP contribution in [0.15, 0.2) is 341 Å². The first-order chi connectivity index (χ1) is 60.3. The van der Waals surface area contributed by atoms with Crippen LogP contribution in [0.2, 0.25) is 5.02 Å². The summed E-state index contributed by atoms with van der Waals surface area (Å²) in [6.45, 7) is 0. The van der Waals surface area contributed by atoms with E-state index in [1.807, 2.05) is 212 Å². The number of aromatic nitrogens is 14. The lowest BCUT2D eigenvalue weighted by Crippen LogP contribution is -2.21. The van der Waals surface area contributed by atoms with Crippen molar-refractivity contribution < 1.29 is 35.6 Å². The lowest BCUT2D eigenvalue weighted by molar-refractivity contribution is -0.115. The predicted molar refractivity (Wildman–Crippen MR) is 486 cm³/mol. The molecule has 0 bridgehead atoms. The number of nitrogens with zero attached hydrogens (tertiary/aromatic N) is 15. The number of hydrogen-bond acceptors (Lipinski definition) is 14. The lowest BCUT2D eigenvalue weighted by Gasteiger charge is -2.10. The van der Waals surface area contributed by atoms with Crippen LogP contribution in [0.25, 0.3) is 112 Å². The molecule has 0 aliphatic carbocycles. The van der Waals surface area contributed by atoms with E-state index in [-0.39, 0.29) is 34.9 Å². The van der Waals surface area contributed by atoms with Crippen LogP contribution in [0.1, 0.15) is 26.3 Å². The van der Waals surface area contributed by atoms with Gasteiger partial charge in [-0.05, 0) is 145 Å². The van der Waals surface area contributed by atoms with Gasteiger partial charge in [0.1, 0.15) is 5.82 Å². The molecule has 11 aromatic heterocycles. The number of rotatable bonds is 19. The quantitative estimate of drug-likeness (QED) is 0.0585. The van der Waals surface area contributed by atoms with Crippen LogP contribution in [0, 0.1) is 5.82 Å². The third-order valence-corrected chi connectivity index (χ3v) is 22.5. The van der Waals surface area contributed by atoms with E-state index < -0.39 is 20.0 Å². The standard InChI is InChI=1S/C25H20FN5O.C24H18ClN5O.C23H19N5O2S.C23H22N4O3S/c1-30-15-20(14-28-30)19-13-23-25(27-10-11-31(23)16-19)18-4-8-22(9-5-18)29-24(32)12-17-2-6-21(26)7-3-17;1-29-14-19(13-27-29)18-12-22-23(26-10-11-30(22)15-18)16-4-8-21(9-5-16)28-24(31)17-2-6-20(25)7-3-17;1-27-15-19(14-25-27)18-13-22-23(24-11-12-28(22)16-18)17-7-9-20(10-8-17)26-31(29,30)21-5-3-2-4-6-21;1-26(2)23(28)18-6-4-16(5-7-18)19-14-21-22(24-12-13-27(21)15-19)17-8-10-20(11-9-17)25-31(3,29)30/h2-11,13-16H,12H2,1H3,(H,29,32);2-15H,1H3,(H,28,31);2-16,26H,1H3;4-15,25H,1-3H3. The molecule has 8 aromatic carbocycles. The fourth-order valence-corrected chi connectivity index (χ4v) is 15.9. The van der Waals surface area contributed by atoms with Crippen molar-refractivity contribution in [2.75, 3.05) is 40.4 Å². The largest absolute Gasteiger partial charge is 0.345 e. The van der Waals surface area contributed by atoms with Gasteiger partial charge in [0.25, 0.3) is 21.8 Å². The molecule has 622 valence electrons. The molecule has 19 rings (SSSR count). The summed E-state index contributed by atoms with van der Waals surface area (Å²) >= 11 is 5.89. The topological polar surface area (TPSA) is 294 Å². The molecule has 11 heterocycles. The summed E-state index contributed by atoms with van der Waals surface area (Å²) in [4.78, 5) is 56.9. The van der Waals surface area contributed by atoms with E-state index in [4.69, 9.17) is 11.6 Å². The number of amides is 3. The molecule has 0 atom stereocenters. The second-order valence-corrected chi connectivity index (χ2v) is 33.5. The Bertz CT molecular complexity index is 7380. The summed E-state index contributed by atoms with van der Waals surface area (Å²) in [6, 6.07) is 66.4. The average Bonchev–Trinajstić information content (AvgIpc) is 1.64. The molecule has 0 aliphatic rings. The minimum Gasteiger partial charge on any atom is -0.345 e. The maximum absolute atomic E-state index is 13.0. The van der Waals surface area contributed by atoms with Gasteiger partial charge in [0.05, 0.1) is 81.0 Å². The van der Waals surface area contributed by atoms with Crippen molar-refractivity contribution in [3.63, 3.8) is 0 Å². The Morgan fingerprint density at radius 1 is 0.392 bits per heavy atom. The molecule has 4 N–H and O–H groups in total. The number of sulfonamides is 2. The maximum atomic E-state index is 13.0. The number of anilines is 4. The Morgan fingerprint density at radius 2 is 0.744 bits per heavy atom. The van der Waals surface area contributed by atoms with Gasteiger partial charge in [-0.1, -0.05) is 103 Å². The smallest absolute Gasteiger partial charge is 0.261 e. The van der Waals surface area contributed by atoms with Crippen molar-refractivity contribution >= 4 is 94.2 Å². The molecule has 0 unspecified atom stereocenters. The number of fused-ring (bicyclic) bond motifs is 4. The average molecular weight is 1720 g/mol. The van der Waals surface area contributed by atoms with Crippen LogP contribution in [0.5, 0.6) is 0 Å². The first-order valence-corrected chi connectivity index (χ1v) is 42.8. The fraction of sp³-hybridized carbons (Fsp3) is 0.0737. The highest BCUT2D eigenvalue weighted by atomic mass is 35.5. The highest BCUT2D eigenvalue weighted by Crippen LogP contribution is 2.35. The lowest BCUT2D eigenvalue weighted by atomic mass is 10.1. The second kappa shape index (κ2) is 35.9. The molecule has 0 saturated heterocycles. The van der Waals surface area contributed by atoms with E-state index in [9.17, 15) is 35.6 Å². The zero-order valence-electron chi connectivity index (χ0n) is 68.1. The molecule has 30 heteroatoms. The van der Waals surface area contributed by atoms with Crippen molar-refractivity contribution in [1.29, 1.82) is 0 Å². The van der Waals surface area contributed by atoms with Crippen molar-refractivity contribution in [3.05, 3.63) is 364 Å². The van der Waals surface area contributed by atoms with Gasteiger partial charge in [-0.15, -0.1) is 0 Å².